The van der Waals surface area contributed by atoms with E-state index in [1.54, 1.807) is 24.3 Å². The van der Waals surface area contributed by atoms with Crippen LogP contribution in [-0.2, 0) is 16.0 Å². The van der Waals surface area contributed by atoms with Crippen LogP contribution in [0.3, 0.4) is 0 Å². The van der Waals surface area contributed by atoms with Crippen LogP contribution in [0, 0.1) is 17.5 Å². The van der Waals surface area contributed by atoms with Crippen LogP contribution in [0.5, 0.6) is 0 Å². The number of hydrogen-bond acceptors (Lipinski definition) is 4. The summed E-state index contributed by atoms with van der Waals surface area (Å²) in [5, 5.41) is 3.14. The van der Waals surface area contributed by atoms with Gasteiger partial charge in [-0.25, -0.2) is 18.0 Å². The van der Waals surface area contributed by atoms with Crippen molar-refractivity contribution < 1.29 is 27.5 Å². The van der Waals surface area contributed by atoms with Gasteiger partial charge in [-0.05, 0) is 41.5 Å². The maximum atomic E-state index is 14.1. The van der Waals surface area contributed by atoms with E-state index in [4.69, 9.17) is 27.9 Å². The molecule has 0 radical (unpaired) electrons. The zero-order valence-corrected chi connectivity index (χ0v) is 20.1. The Bertz CT molecular complexity index is 1450. The Morgan fingerprint density at radius 3 is 2.31 bits per heavy atom. The number of fused-ring (bicyclic) bond motifs is 1. The van der Waals surface area contributed by atoms with Gasteiger partial charge in [0.1, 0.15) is 29.1 Å². The second-order valence-electron chi connectivity index (χ2n) is 7.77. The number of rotatable bonds is 6. The molecule has 3 aromatic carbocycles. The normalized spacial score (nSPS) is 11.8. The molecule has 4 aromatic rings. The van der Waals surface area contributed by atoms with Gasteiger partial charge in [-0.2, -0.15) is 0 Å². The Labute approximate surface area is 213 Å². The largest absolute Gasteiger partial charge is 0.467 e. The van der Waals surface area contributed by atoms with Crippen molar-refractivity contribution in [2.75, 3.05) is 7.11 Å². The van der Waals surface area contributed by atoms with Crippen LogP contribution in [0.15, 0.2) is 60.8 Å². The summed E-state index contributed by atoms with van der Waals surface area (Å²) in [6.45, 7) is 0. The van der Waals surface area contributed by atoms with Crippen molar-refractivity contribution in [3.63, 3.8) is 0 Å². The summed E-state index contributed by atoms with van der Waals surface area (Å²) in [5.74, 6) is -4.66. The van der Waals surface area contributed by atoms with E-state index >= 15 is 0 Å². The number of esters is 1. The van der Waals surface area contributed by atoms with Crippen molar-refractivity contribution in [1.29, 1.82) is 0 Å². The number of hydrogen-bond donors (Lipinski definition) is 1. The maximum Gasteiger partial charge on any atom is 0.328 e. The average Bonchev–Trinajstić information content (AvgIpc) is 2.83. The number of pyridine rings is 1. The van der Waals surface area contributed by atoms with Gasteiger partial charge in [0.05, 0.1) is 22.7 Å². The molecule has 1 amide bonds. The molecule has 0 saturated heterocycles. The van der Waals surface area contributed by atoms with Gasteiger partial charge >= 0.3 is 5.97 Å². The molecule has 0 bridgehead atoms. The van der Waals surface area contributed by atoms with Gasteiger partial charge in [-0.3, -0.25) is 9.78 Å². The van der Waals surface area contributed by atoms with Crippen LogP contribution in [-0.4, -0.2) is 30.0 Å². The molecule has 0 fully saturated rings. The highest BCUT2D eigenvalue weighted by Crippen LogP contribution is 2.39. The Morgan fingerprint density at radius 1 is 1.00 bits per heavy atom. The van der Waals surface area contributed by atoms with Crippen molar-refractivity contribution in [2.45, 2.75) is 12.5 Å². The van der Waals surface area contributed by atoms with Gasteiger partial charge in [0.15, 0.2) is 0 Å². The molecule has 4 rings (SSSR count). The fraction of sp³-hybridized carbons (Fsp3) is 0.115. The van der Waals surface area contributed by atoms with Gasteiger partial charge in [-0.15, -0.1) is 0 Å². The number of nitrogens with one attached hydrogen (secondary N) is 1. The van der Waals surface area contributed by atoms with E-state index in [0.717, 1.165) is 37.4 Å². The fourth-order valence-corrected chi connectivity index (χ4v) is 4.58. The zero-order valence-electron chi connectivity index (χ0n) is 18.6. The van der Waals surface area contributed by atoms with Gasteiger partial charge < -0.3 is 10.1 Å². The third-order valence-corrected chi connectivity index (χ3v) is 6.13. The molecule has 5 nitrogen and oxygen atoms in total. The summed E-state index contributed by atoms with van der Waals surface area (Å²) < 4.78 is 46.7. The Hall–Kier alpha value is -3.62. The van der Waals surface area contributed by atoms with E-state index in [1.165, 1.54) is 6.20 Å². The summed E-state index contributed by atoms with van der Waals surface area (Å²) in [5.41, 5.74) is 1.13. The third-order valence-electron chi connectivity index (χ3n) is 5.53. The van der Waals surface area contributed by atoms with E-state index < -0.39 is 40.9 Å². The molecule has 184 valence electrons. The first-order valence-corrected chi connectivity index (χ1v) is 11.3. The summed E-state index contributed by atoms with van der Waals surface area (Å²) in [7, 11) is 1.13. The number of carbonyl (C=O) groups is 2. The lowest BCUT2D eigenvalue weighted by Gasteiger charge is -2.19. The molecule has 0 spiro atoms. The number of amides is 1. The molecule has 0 aliphatic carbocycles. The molecule has 0 saturated carbocycles. The standard InChI is InChI=1S/C26H17Cl2F3N2O3/c1-36-26(35)21(33-25(34)23-19(30)5-2-6-20(23)31)10-13-7-8-15(16-4-3-9-32-24(13)16)22-17(27)11-14(29)12-18(22)28/h2-9,11-12,21H,10H2,1H3,(H,33,34)/t21-/m0/s1. The molecule has 0 aliphatic heterocycles. The quantitative estimate of drug-likeness (QED) is 0.303. The van der Waals surface area contributed by atoms with E-state index in [9.17, 15) is 22.8 Å². The highest BCUT2D eigenvalue weighted by Gasteiger charge is 2.27. The van der Waals surface area contributed by atoms with Gasteiger partial charge in [0, 0.05) is 23.6 Å². The lowest BCUT2D eigenvalue weighted by atomic mass is 9.95. The molecule has 1 aromatic heterocycles. The molecule has 1 heterocycles. The van der Waals surface area contributed by atoms with Crippen molar-refractivity contribution in [3.8, 4) is 11.1 Å². The Morgan fingerprint density at radius 2 is 1.67 bits per heavy atom. The van der Waals surface area contributed by atoms with Crippen molar-refractivity contribution in [1.82, 2.24) is 10.3 Å². The molecule has 0 aliphatic rings. The predicted molar refractivity (Wildman–Crippen MR) is 130 cm³/mol. The first-order valence-electron chi connectivity index (χ1n) is 10.6. The van der Waals surface area contributed by atoms with Gasteiger partial charge in [-0.1, -0.05) is 47.5 Å². The number of aromatic nitrogens is 1. The summed E-state index contributed by atoms with van der Waals surface area (Å²) >= 11 is 12.6. The SMILES string of the molecule is COC(=O)[C@H](Cc1ccc(-c2c(Cl)cc(F)cc2Cl)c2cccnc12)NC(=O)c1c(F)cccc1F. The van der Waals surface area contributed by atoms with E-state index in [0.29, 0.717) is 27.6 Å². The first kappa shape index (κ1) is 25.5. The maximum absolute atomic E-state index is 14.1. The van der Waals surface area contributed by atoms with Crippen LogP contribution >= 0.6 is 23.2 Å². The molecular formula is C26H17Cl2F3N2O3. The molecule has 1 N–H and O–H groups in total. The number of nitrogens with zero attached hydrogens (tertiary/aromatic N) is 1. The second kappa shape index (κ2) is 10.6. The van der Waals surface area contributed by atoms with Crippen molar-refractivity contribution in [2.24, 2.45) is 0 Å². The monoisotopic (exact) mass is 532 g/mol. The van der Waals surface area contributed by atoms with Crippen LogP contribution in [0.4, 0.5) is 13.2 Å². The van der Waals surface area contributed by atoms with Crippen LogP contribution in [0.25, 0.3) is 22.0 Å². The summed E-state index contributed by atoms with van der Waals surface area (Å²) in [4.78, 5) is 29.5. The Balaban J connectivity index is 1.75. The molecule has 0 unspecified atom stereocenters. The van der Waals surface area contributed by atoms with Crippen molar-refractivity contribution in [3.05, 3.63) is 99.4 Å². The lowest BCUT2D eigenvalue weighted by molar-refractivity contribution is -0.142. The minimum atomic E-state index is -1.28. The highest BCUT2D eigenvalue weighted by atomic mass is 35.5. The predicted octanol–water partition coefficient (Wildman–Crippen LogP) is 6.14. The fourth-order valence-electron chi connectivity index (χ4n) is 3.91. The number of ether oxygens (including phenoxy) is 1. The number of methoxy groups -OCH3 is 1. The van der Waals surface area contributed by atoms with E-state index in [2.05, 4.69) is 10.3 Å². The molecule has 10 heteroatoms. The number of benzene rings is 3. The van der Waals surface area contributed by atoms with Crippen LogP contribution in [0.1, 0.15) is 15.9 Å². The first-order chi connectivity index (χ1) is 17.2. The Kier molecular flexibility index (Phi) is 7.47. The van der Waals surface area contributed by atoms with Gasteiger partial charge in [0.25, 0.3) is 5.91 Å². The topological polar surface area (TPSA) is 68.3 Å². The van der Waals surface area contributed by atoms with Crippen molar-refractivity contribution >= 4 is 46.0 Å². The molecular weight excluding hydrogens is 516 g/mol. The zero-order chi connectivity index (χ0) is 26.0. The number of carbonyl (C=O) groups excluding carboxylic acids is 2. The number of halogens is 5. The van der Waals surface area contributed by atoms with E-state index in [1.807, 2.05) is 0 Å². The lowest BCUT2D eigenvalue weighted by Crippen LogP contribution is -2.43. The summed E-state index contributed by atoms with van der Waals surface area (Å²) in [6, 6.07) is 10.8. The highest BCUT2D eigenvalue weighted by molar-refractivity contribution is 6.39. The van der Waals surface area contributed by atoms with E-state index in [-0.39, 0.29) is 16.5 Å². The summed E-state index contributed by atoms with van der Waals surface area (Å²) in [6.07, 6.45) is 1.43. The minimum absolute atomic E-state index is 0.101. The van der Waals surface area contributed by atoms with Crippen LogP contribution in [0.2, 0.25) is 10.0 Å². The smallest absolute Gasteiger partial charge is 0.328 e. The van der Waals surface area contributed by atoms with Crippen LogP contribution < -0.4 is 5.32 Å². The van der Waals surface area contributed by atoms with Gasteiger partial charge in [0.2, 0.25) is 0 Å². The average molecular weight is 533 g/mol. The minimum Gasteiger partial charge on any atom is -0.467 e. The molecule has 1 atom stereocenters. The second-order valence-corrected chi connectivity index (χ2v) is 8.58. The third kappa shape index (κ3) is 5.01. The molecule has 36 heavy (non-hydrogen) atoms.